The Morgan fingerprint density at radius 2 is 1.89 bits per heavy atom. The Morgan fingerprint density at radius 1 is 1.32 bits per heavy atom. The summed E-state index contributed by atoms with van der Waals surface area (Å²) >= 11 is 11.6. The molecule has 0 heterocycles. The highest BCUT2D eigenvalue weighted by molar-refractivity contribution is 6.39. The fourth-order valence-electron chi connectivity index (χ4n) is 1.21. The Kier molecular flexibility index (Phi) is 5.88. The highest BCUT2D eigenvalue weighted by Crippen LogP contribution is 2.28. The lowest BCUT2D eigenvalue weighted by molar-refractivity contribution is -0.142. The van der Waals surface area contributed by atoms with E-state index in [1.165, 1.54) is 12.1 Å². The normalized spacial score (nSPS) is 10.2. The summed E-state index contributed by atoms with van der Waals surface area (Å²) in [5, 5.41) is 11.3. The molecule has 0 aromatic heterocycles. The van der Waals surface area contributed by atoms with Crippen molar-refractivity contribution in [2.45, 2.75) is 0 Å². The standard InChI is InChI=1S/C11H12Cl2N2O4/c12-7-3-6(4-8(13)10(7)14)11(18)15-1-2-19-5-9(16)17/h3-4H,1-2,5,14H2,(H,15,18)(H,16,17). The molecule has 0 saturated heterocycles. The van der Waals surface area contributed by atoms with Crippen LogP contribution in [-0.2, 0) is 9.53 Å². The van der Waals surface area contributed by atoms with Crippen LogP contribution in [0, 0.1) is 0 Å². The molecular formula is C11H12Cl2N2O4. The van der Waals surface area contributed by atoms with Gasteiger partial charge in [0.05, 0.1) is 22.3 Å². The lowest BCUT2D eigenvalue weighted by Crippen LogP contribution is -2.28. The molecule has 0 aliphatic carbocycles. The zero-order valence-electron chi connectivity index (χ0n) is 9.78. The fourth-order valence-corrected chi connectivity index (χ4v) is 1.70. The number of carboxylic acids is 1. The molecular weight excluding hydrogens is 295 g/mol. The third kappa shape index (κ3) is 4.94. The summed E-state index contributed by atoms with van der Waals surface area (Å²) in [6, 6.07) is 2.80. The predicted molar refractivity (Wildman–Crippen MR) is 71.7 cm³/mol. The Hall–Kier alpha value is -1.50. The van der Waals surface area contributed by atoms with Crippen molar-refractivity contribution in [3.05, 3.63) is 27.7 Å². The van der Waals surface area contributed by atoms with E-state index in [1.54, 1.807) is 0 Å². The van der Waals surface area contributed by atoms with E-state index in [4.69, 9.17) is 38.8 Å². The van der Waals surface area contributed by atoms with Crippen molar-refractivity contribution in [1.82, 2.24) is 5.32 Å². The summed E-state index contributed by atoms with van der Waals surface area (Å²) < 4.78 is 4.76. The van der Waals surface area contributed by atoms with E-state index in [0.717, 1.165) is 0 Å². The summed E-state index contributed by atoms with van der Waals surface area (Å²) in [5.74, 6) is -1.47. The van der Waals surface area contributed by atoms with Crippen LogP contribution in [0.15, 0.2) is 12.1 Å². The molecule has 0 unspecified atom stereocenters. The van der Waals surface area contributed by atoms with Gasteiger partial charge in [0.15, 0.2) is 0 Å². The summed E-state index contributed by atoms with van der Waals surface area (Å²) in [5.41, 5.74) is 6.03. The van der Waals surface area contributed by atoms with Gasteiger partial charge in [-0.05, 0) is 12.1 Å². The number of amides is 1. The molecule has 0 saturated carbocycles. The van der Waals surface area contributed by atoms with Crippen LogP contribution in [0.2, 0.25) is 10.0 Å². The van der Waals surface area contributed by atoms with Gasteiger partial charge in [0.2, 0.25) is 0 Å². The first-order chi connectivity index (χ1) is 8.91. The minimum absolute atomic E-state index is 0.0917. The first-order valence-corrected chi connectivity index (χ1v) is 5.99. The maximum Gasteiger partial charge on any atom is 0.329 e. The molecule has 0 fully saturated rings. The fraction of sp³-hybridized carbons (Fsp3) is 0.273. The number of carboxylic acid groups (broad SMARTS) is 1. The molecule has 1 aromatic rings. The highest BCUT2D eigenvalue weighted by Gasteiger charge is 2.10. The van der Waals surface area contributed by atoms with Crippen LogP contribution in [-0.4, -0.2) is 36.7 Å². The smallest absolute Gasteiger partial charge is 0.329 e. The third-order valence-corrected chi connectivity index (χ3v) is 2.72. The number of aliphatic carboxylic acids is 1. The van der Waals surface area contributed by atoms with Crippen LogP contribution >= 0.6 is 23.2 Å². The molecule has 6 nitrogen and oxygen atoms in total. The second-order valence-corrected chi connectivity index (χ2v) is 4.37. The lowest BCUT2D eigenvalue weighted by atomic mass is 10.2. The van der Waals surface area contributed by atoms with Crippen LogP contribution in [0.4, 0.5) is 5.69 Å². The van der Waals surface area contributed by atoms with Gasteiger partial charge in [-0.1, -0.05) is 23.2 Å². The number of ether oxygens (including phenoxy) is 1. The topological polar surface area (TPSA) is 102 Å². The molecule has 0 radical (unpaired) electrons. The Labute approximate surface area is 119 Å². The van der Waals surface area contributed by atoms with Crippen molar-refractivity contribution >= 4 is 40.8 Å². The van der Waals surface area contributed by atoms with E-state index in [0.29, 0.717) is 0 Å². The van der Waals surface area contributed by atoms with Gasteiger partial charge in [-0.3, -0.25) is 4.79 Å². The average Bonchev–Trinajstić information content (AvgIpc) is 2.34. The first-order valence-electron chi connectivity index (χ1n) is 5.24. The summed E-state index contributed by atoms with van der Waals surface area (Å²) in [6.07, 6.45) is 0. The number of nitrogen functional groups attached to an aromatic ring is 1. The van der Waals surface area contributed by atoms with Crippen molar-refractivity contribution in [1.29, 1.82) is 0 Å². The third-order valence-electron chi connectivity index (χ3n) is 2.10. The Bertz CT molecular complexity index is 471. The van der Waals surface area contributed by atoms with E-state index in [-0.39, 0.29) is 34.4 Å². The van der Waals surface area contributed by atoms with Crippen molar-refractivity contribution in [3.63, 3.8) is 0 Å². The maximum atomic E-state index is 11.7. The highest BCUT2D eigenvalue weighted by atomic mass is 35.5. The van der Waals surface area contributed by atoms with Gasteiger partial charge in [-0.2, -0.15) is 0 Å². The number of nitrogens with one attached hydrogen (secondary N) is 1. The molecule has 4 N–H and O–H groups in total. The number of rotatable bonds is 6. The predicted octanol–water partition coefficient (Wildman–Crippen LogP) is 1.41. The van der Waals surface area contributed by atoms with Crippen molar-refractivity contribution in [2.24, 2.45) is 0 Å². The van der Waals surface area contributed by atoms with Crippen molar-refractivity contribution < 1.29 is 19.4 Å². The van der Waals surface area contributed by atoms with Crippen molar-refractivity contribution in [3.8, 4) is 0 Å². The summed E-state index contributed by atoms with van der Waals surface area (Å²) in [4.78, 5) is 21.9. The monoisotopic (exact) mass is 306 g/mol. The molecule has 0 bridgehead atoms. The Balaban J connectivity index is 2.48. The largest absolute Gasteiger partial charge is 0.480 e. The van der Waals surface area contributed by atoms with Crippen LogP contribution in [0.3, 0.4) is 0 Å². The molecule has 0 spiro atoms. The van der Waals surface area contributed by atoms with E-state index in [1.807, 2.05) is 0 Å². The quantitative estimate of drug-likeness (QED) is 0.545. The summed E-state index contributed by atoms with van der Waals surface area (Å²) in [7, 11) is 0. The van der Waals surface area contributed by atoms with Gasteiger partial charge in [0.25, 0.3) is 5.91 Å². The zero-order valence-corrected chi connectivity index (χ0v) is 11.3. The van der Waals surface area contributed by atoms with Gasteiger partial charge < -0.3 is 20.9 Å². The van der Waals surface area contributed by atoms with Gasteiger partial charge >= 0.3 is 5.97 Å². The molecule has 1 aromatic carbocycles. The molecule has 1 rings (SSSR count). The zero-order chi connectivity index (χ0) is 14.4. The van der Waals surface area contributed by atoms with Crippen LogP contribution in [0.5, 0.6) is 0 Å². The van der Waals surface area contributed by atoms with Gasteiger partial charge in [0, 0.05) is 12.1 Å². The lowest BCUT2D eigenvalue weighted by Gasteiger charge is -2.08. The number of hydrogen-bond donors (Lipinski definition) is 3. The average molecular weight is 307 g/mol. The van der Waals surface area contributed by atoms with Crippen molar-refractivity contribution in [2.75, 3.05) is 25.5 Å². The number of benzene rings is 1. The molecule has 0 aliphatic heterocycles. The molecule has 0 atom stereocenters. The second kappa shape index (κ2) is 7.18. The molecule has 0 aliphatic rings. The van der Waals surface area contributed by atoms with Crippen LogP contribution in [0.1, 0.15) is 10.4 Å². The molecule has 8 heteroatoms. The number of hydrogen-bond acceptors (Lipinski definition) is 4. The van der Waals surface area contributed by atoms with Gasteiger partial charge in [-0.25, -0.2) is 4.79 Å². The minimum Gasteiger partial charge on any atom is -0.480 e. The van der Waals surface area contributed by atoms with E-state index in [2.05, 4.69) is 5.32 Å². The van der Waals surface area contributed by atoms with Gasteiger partial charge in [-0.15, -0.1) is 0 Å². The number of anilines is 1. The number of halogens is 2. The maximum absolute atomic E-state index is 11.7. The SMILES string of the molecule is Nc1c(Cl)cc(C(=O)NCCOCC(=O)O)cc1Cl. The van der Waals surface area contributed by atoms with Gasteiger partial charge in [0.1, 0.15) is 6.61 Å². The molecule has 104 valence electrons. The first kappa shape index (κ1) is 15.6. The minimum atomic E-state index is -1.07. The van der Waals surface area contributed by atoms with Crippen LogP contribution < -0.4 is 11.1 Å². The number of carbonyl (C=O) groups is 2. The van der Waals surface area contributed by atoms with E-state index < -0.39 is 18.5 Å². The van der Waals surface area contributed by atoms with E-state index in [9.17, 15) is 9.59 Å². The number of nitrogens with two attached hydrogens (primary N) is 1. The number of carbonyl (C=O) groups excluding carboxylic acids is 1. The molecule has 1 amide bonds. The second-order valence-electron chi connectivity index (χ2n) is 3.56. The van der Waals surface area contributed by atoms with E-state index >= 15 is 0 Å². The molecule has 19 heavy (non-hydrogen) atoms. The van der Waals surface area contributed by atoms with Crippen LogP contribution in [0.25, 0.3) is 0 Å². The summed E-state index contributed by atoms with van der Waals surface area (Å²) in [6.45, 7) is -0.143. The Morgan fingerprint density at radius 3 is 2.42 bits per heavy atom.